The number of methoxy groups -OCH3 is 2. The monoisotopic (exact) mass is 541 g/mol. The number of nitrogens with zero attached hydrogens (tertiary/aromatic N) is 2. The lowest BCUT2D eigenvalue weighted by atomic mass is 9.77. The Morgan fingerprint density at radius 3 is 2.34 bits per heavy atom. The van der Waals surface area contributed by atoms with Crippen molar-refractivity contribution in [1.29, 1.82) is 0 Å². The summed E-state index contributed by atoms with van der Waals surface area (Å²) in [6, 6.07) is 15.9. The zero-order chi connectivity index (χ0) is 25.8. The van der Waals surface area contributed by atoms with Gasteiger partial charge in [0.05, 0.1) is 25.7 Å². The normalized spacial score (nSPS) is 19.6. The minimum Gasteiger partial charge on any atom is -0.497 e. The van der Waals surface area contributed by atoms with E-state index in [9.17, 15) is 9.59 Å². The second-order valence-corrected chi connectivity index (χ2v) is 10.8. The highest BCUT2D eigenvalue weighted by molar-refractivity contribution is 5.85. The smallest absolute Gasteiger partial charge is 0.229 e. The van der Waals surface area contributed by atoms with Crippen molar-refractivity contribution in [3.63, 3.8) is 0 Å². The van der Waals surface area contributed by atoms with Crippen LogP contribution in [0.4, 0.5) is 0 Å². The lowest BCUT2D eigenvalue weighted by molar-refractivity contribution is -0.139. The number of likely N-dealkylation sites (tertiary alicyclic amines) is 2. The summed E-state index contributed by atoms with van der Waals surface area (Å²) < 4.78 is 10.9. The summed E-state index contributed by atoms with van der Waals surface area (Å²) in [5.41, 5.74) is 1.96. The summed E-state index contributed by atoms with van der Waals surface area (Å²) in [5, 5.41) is 3.29. The Morgan fingerprint density at radius 1 is 1.00 bits per heavy atom. The van der Waals surface area contributed by atoms with Crippen LogP contribution in [0.3, 0.4) is 0 Å². The molecule has 3 fully saturated rings. The third-order valence-corrected chi connectivity index (χ3v) is 8.46. The molecule has 2 aromatic rings. The molecule has 8 heteroatoms. The lowest BCUT2D eigenvalue weighted by Gasteiger charge is -2.38. The highest BCUT2D eigenvalue weighted by atomic mass is 35.5. The number of carbonyl (C=O) groups excluding carboxylic acids is 2. The van der Waals surface area contributed by atoms with Crippen LogP contribution >= 0.6 is 12.4 Å². The van der Waals surface area contributed by atoms with Crippen molar-refractivity contribution in [2.75, 3.05) is 40.4 Å². The summed E-state index contributed by atoms with van der Waals surface area (Å²) >= 11 is 0. The molecule has 1 atom stereocenters. The summed E-state index contributed by atoms with van der Waals surface area (Å²) in [5.74, 6) is 2.28. The molecule has 0 radical (unpaired) electrons. The molecule has 1 aliphatic carbocycles. The standard InChI is InChI=1S/C30H39N3O4.ClH/c1-36-24-11-7-22(8-12-24)21-33-20-16-30(29(33)35)14-18-32(19-15-30)17-13-26(31-28(34)23-9-10-23)25-5-3-4-6-27(25)37-2;/h3-8,11-12,23,26H,9-10,13-21H2,1-2H3,(H,31,34);1H. The molecule has 1 unspecified atom stereocenters. The predicted octanol–water partition coefficient (Wildman–Crippen LogP) is 4.60. The van der Waals surface area contributed by atoms with Crippen molar-refractivity contribution < 1.29 is 19.1 Å². The average Bonchev–Trinajstić information content (AvgIpc) is 3.75. The fourth-order valence-corrected chi connectivity index (χ4v) is 5.87. The maximum absolute atomic E-state index is 13.5. The van der Waals surface area contributed by atoms with Gasteiger partial charge in [0.1, 0.15) is 11.5 Å². The molecule has 2 heterocycles. The summed E-state index contributed by atoms with van der Waals surface area (Å²) in [7, 11) is 3.34. The molecule has 3 aliphatic rings. The maximum Gasteiger partial charge on any atom is 0.229 e. The Hall–Kier alpha value is -2.77. The molecule has 1 saturated carbocycles. The van der Waals surface area contributed by atoms with E-state index in [1.807, 2.05) is 47.4 Å². The van der Waals surface area contributed by atoms with Crippen molar-refractivity contribution in [2.45, 2.75) is 51.1 Å². The van der Waals surface area contributed by atoms with Gasteiger partial charge in [-0.25, -0.2) is 0 Å². The number of amides is 2. The van der Waals surface area contributed by atoms with Gasteiger partial charge in [-0.05, 0) is 75.4 Å². The van der Waals surface area contributed by atoms with Gasteiger partial charge in [-0.15, -0.1) is 12.4 Å². The Balaban J connectivity index is 0.00000336. The van der Waals surface area contributed by atoms with E-state index in [0.717, 1.165) is 87.3 Å². The zero-order valence-electron chi connectivity index (χ0n) is 22.5. The molecule has 2 aromatic carbocycles. The second-order valence-electron chi connectivity index (χ2n) is 10.8. The van der Waals surface area contributed by atoms with Crippen LogP contribution in [-0.2, 0) is 16.1 Å². The molecule has 38 heavy (non-hydrogen) atoms. The molecule has 2 amide bonds. The molecular formula is C30H40ClN3O4. The Labute approximate surface area is 232 Å². The quantitative estimate of drug-likeness (QED) is 0.476. The van der Waals surface area contributed by atoms with E-state index in [-0.39, 0.29) is 35.7 Å². The summed E-state index contributed by atoms with van der Waals surface area (Å²) in [6.45, 7) is 4.20. The van der Waals surface area contributed by atoms with E-state index >= 15 is 0 Å². The fraction of sp³-hybridized carbons (Fsp3) is 0.533. The first-order valence-electron chi connectivity index (χ1n) is 13.6. The number of carbonyl (C=O) groups is 2. The predicted molar refractivity (Wildman–Crippen MR) is 150 cm³/mol. The minimum atomic E-state index is -0.217. The zero-order valence-corrected chi connectivity index (χ0v) is 23.3. The van der Waals surface area contributed by atoms with Crippen molar-refractivity contribution in [1.82, 2.24) is 15.1 Å². The lowest BCUT2D eigenvalue weighted by Crippen LogP contribution is -2.45. The van der Waals surface area contributed by atoms with Gasteiger partial charge in [0, 0.05) is 31.1 Å². The number of ether oxygens (including phenoxy) is 2. The molecule has 1 spiro atoms. The first-order valence-corrected chi connectivity index (χ1v) is 13.6. The minimum absolute atomic E-state index is 0. The number of rotatable bonds is 10. The van der Waals surface area contributed by atoms with Crippen LogP contribution in [0.25, 0.3) is 0 Å². The van der Waals surface area contributed by atoms with Crippen LogP contribution in [0.1, 0.15) is 55.7 Å². The number of benzene rings is 2. The number of halogens is 1. The topological polar surface area (TPSA) is 71.1 Å². The van der Waals surface area contributed by atoms with Gasteiger partial charge in [-0.1, -0.05) is 30.3 Å². The fourth-order valence-electron chi connectivity index (χ4n) is 5.87. The van der Waals surface area contributed by atoms with Crippen LogP contribution in [0, 0.1) is 11.3 Å². The van der Waals surface area contributed by atoms with Crippen LogP contribution < -0.4 is 14.8 Å². The number of hydrogen-bond acceptors (Lipinski definition) is 5. The maximum atomic E-state index is 13.5. The van der Waals surface area contributed by atoms with Gasteiger partial charge >= 0.3 is 0 Å². The van der Waals surface area contributed by atoms with Crippen molar-refractivity contribution >= 4 is 24.2 Å². The van der Waals surface area contributed by atoms with E-state index in [4.69, 9.17) is 9.47 Å². The van der Waals surface area contributed by atoms with Gasteiger partial charge in [-0.2, -0.15) is 0 Å². The van der Waals surface area contributed by atoms with Gasteiger partial charge in [0.2, 0.25) is 11.8 Å². The number of para-hydroxylation sites is 1. The molecule has 206 valence electrons. The van der Waals surface area contributed by atoms with Gasteiger partial charge in [-0.3, -0.25) is 9.59 Å². The highest BCUT2D eigenvalue weighted by Gasteiger charge is 2.47. The first-order chi connectivity index (χ1) is 18.0. The van der Waals surface area contributed by atoms with Gasteiger partial charge in [0.15, 0.2) is 0 Å². The van der Waals surface area contributed by atoms with Crippen molar-refractivity contribution in [2.24, 2.45) is 11.3 Å². The van der Waals surface area contributed by atoms with Gasteiger partial charge in [0.25, 0.3) is 0 Å². The van der Waals surface area contributed by atoms with Crippen LogP contribution in [-0.4, -0.2) is 62.0 Å². The highest BCUT2D eigenvalue weighted by Crippen LogP contribution is 2.42. The number of nitrogens with one attached hydrogen (secondary N) is 1. The molecule has 0 bridgehead atoms. The van der Waals surface area contributed by atoms with Crippen molar-refractivity contribution in [3.05, 3.63) is 59.7 Å². The van der Waals surface area contributed by atoms with Crippen LogP contribution in [0.15, 0.2) is 48.5 Å². The molecule has 2 aliphatic heterocycles. The third kappa shape index (κ3) is 6.26. The average molecular weight is 542 g/mol. The SMILES string of the molecule is COc1ccc(CN2CCC3(CCN(CCC(NC(=O)C4CC4)c4ccccc4OC)CC3)C2=O)cc1.Cl. The third-order valence-electron chi connectivity index (χ3n) is 8.46. The van der Waals surface area contributed by atoms with E-state index in [0.29, 0.717) is 12.5 Å². The number of piperidine rings is 1. The second kappa shape index (κ2) is 12.4. The molecule has 7 nitrogen and oxygen atoms in total. The van der Waals surface area contributed by atoms with Gasteiger partial charge < -0.3 is 24.6 Å². The Morgan fingerprint density at radius 2 is 1.68 bits per heavy atom. The Kier molecular flexibility index (Phi) is 9.21. The molecule has 0 aromatic heterocycles. The van der Waals surface area contributed by atoms with Crippen LogP contribution in [0.2, 0.25) is 0 Å². The van der Waals surface area contributed by atoms with E-state index < -0.39 is 0 Å². The molecule has 2 saturated heterocycles. The van der Waals surface area contributed by atoms with Crippen molar-refractivity contribution in [3.8, 4) is 11.5 Å². The van der Waals surface area contributed by atoms with E-state index in [2.05, 4.69) is 16.3 Å². The molecule has 1 N–H and O–H groups in total. The summed E-state index contributed by atoms with van der Waals surface area (Å²) in [6.07, 6.45) is 5.54. The van der Waals surface area contributed by atoms with E-state index in [1.54, 1.807) is 14.2 Å². The largest absolute Gasteiger partial charge is 0.497 e. The van der Waals surface area contributed by atoms with E-state index in [1.165, 1.54) is 0 Å². The summed E-state index contributed by atoms with van der Waals surface area (Å²) in [4.78, 5) is 30.6. The molecular weight excluding hydrogens is 502 g/mol. The number of hydrogen-bond donors (Lipinski definition) is 1. The van der Waals surface area contributed by atoms with Crippen LogP contribution in [0.5, 0.6) is 11.5 Å². The molecule has 5 rings (SSSR count). The first kappa shape index (κ1) is 28.2. The Bertz CT molecular complexity index is 1100.